The van der Waals surface area contributed by atoms with Gasteiger partial charge in [-0.3, -0.25) is 4.68 Å². The molecule has 4 nitrogen and oxygen atoms in total. The maximum atomic E-state index is 5.60. The number of rotatable bonds is 3. The van der Waals surface area contributed by atoms with Gasteiger partial charge in [-0.1, -0.05) is 50.2 Å². The topological polar surface area (TPSA) is 43.9 Å². The third kappa shape index (κ3) is 2.93. The zero-order chi connectivity index (χ0) is 17.6. The Kier molecular flexibility index (Phi) is 3.64. The number of hydrogen-bond acceptors (Lipinski definition) is 3. The van der Waals surface area contributed by atoms with E-state index in [0.717, 1.165) is 28.6 Å². The monoisotopic (exact) mass is 333 g/mol. The lowest BCUT2D eigenvalue weighted by Gasteiger charge is -2.15. The standard InChI is InChI=1S/C21H23N3O/c1-14(24-13-16-7-5-6-8-18(16)22-24)11-15-9-10-19-17(12-15)20(25-23-19)21(2,3)4/h5-10,12-14H,11H2,1-4H3. The van der Waals surface area contributed by atoms with E-state index in [1.54, 1.807) is 0 Å². The van der Waals surface area contributed by atoms with Gasteiger partial charge in [0, 0.05) is 22.4 Å². The molecule has 0 aliphatic rings. The van der Waals surface area contributed by atoms with Crippen LogP contribution in [0.5, 0.6) is 0 Å². The number of aromatic nitrogens is 3. The van der Waals surface area contributed by atoms with Gasteiger partial charge in [0.15, 0.2) is 0 Å². The fourth-order valence-corrected chi connectivity index (χ4v) is 3.30. The number of hydrogen-bond donors (Lipinski definition) is 0. The minimum absolute atomic E-state index is 0.0568. The van der Waals surface area contributed by atoms with Crippen LogP contribution in [0.3, 0.4) is 0 Å². The Labute approximate surface area is 147 Å². The summed E-state index contributed by atoms with van der Waals surface area (Å²) >= 11 is 0. The van der Waals surface area contributed by atoms with Gasteiger partial charge in [0.2, 0.25) is 0 Å². The summed E-state index contributed by atoms with van der Waals surface area (Å²) in [5.41, 5.74) is 3.18. The quantitative estimate of drug-likeness (QED) is 0.512. The molecule has 4 rings (SSSR count). The van der Waals surface area contributed by atoms with E-state index in [0.29, 0.717) is 0 Å². The highest BCUT2D eigenvalue weighted by Crippen LogP contribution is 2.31. The Morgan fingerprint density at radius 3 is 2.64 bits per heavy atom. The summed E-state index contributed by atoms with van der Waals surface area (Å²) in [5, 5.41) is 11.2. The van der Waals surface area contributed by atoms with Crippen molar-refractivity contribution < 1.29 is 4.52 Å². The van der Waals surface area contributed by atoms with Gasteiger partial charge in [0.05, 0.1) is 11.6 Å². The molecule has 0 bridgehead atoms. The molecule has 0 saturated carbocycles. The predicted octanol–water partition coefficient (Wildman–Crippen LogP) is 5.28. The van der Waals surface area contributed by atoms with Gasteiger partial charge in [-0.2, -0.15) is 5.10 Å². The second-order valence-electron chi connectivity index (χ2n) is 7.83. The Hall–Kier alpha value is -2.62. The highest BCUT2D eigenvalue weighted by Gasteiger charge is 2.23. The first kappa shape index (κ1) is 15.9. The Morgan fingerprint density at radius 1 is 1.08 bits per heavy atom. The minimum atomic E-state index is -0.0568. The molecule has 0 spiro atoms. The molecule has 1 unspecified atom stereocenters. The van der Waals surface area contributed by atoms with Crippen LogP contribution in [0.25, 0.3) is 21.8 Å². The highest BCUT2D eigenvalue weighted by atomic mass is 16.5. The number of fused-ring (bicyclic) bond motifs is 2. The van der Waals surface area contributed by atoms with Crippen molar-refractivity contribution in [2.24, 2.45) is 0 Å². The molecule has 2 aromatic heterocycles. The van der Waals surface area contributed by atoms with Crippen molar-refractivity contribution in [2.75, 3.05) is 0 Å². The van der Waals surface area contributed by atoms with Gasteiger partial charge < -0.3 is 4.52 Å². The van der Waals surface area contributed by atoms with Crippen LogP contribution in [-0.2, 0) is 11.8 Å². The first-order valence-electron chi connectivity index (χ1n) is 8.74. The first-order valence-corrected chi connectivity index (χ1v) is 8.74. The second kappa shape index (κ2) is 5.73. The van der Waals surface area contributed by atoms with E-state index >= 15 is 0 Å². The van der Waals surface area contributed by atoms with Crippen molar-refractivity contribution in [3.8, 4) is 0 Å². The summed E-state index contributed by atoms with van der Waals surface area (Å²) in [6.45, 7) is 8.65. The van der Waals surface area contributed by atoms with Crippen LogP contribution in [0.2, 0.25) is 0 Å². The summed E-state index contributed by atoms with van der Waals surface area (Å²) in [4.78, 5) is 0. The average molecular weight is 333 g/mol. The van der Waals surface area contributed by atoms with E-state index in [1.807, 2.05) is 12.1 Å². The first-order chi connectivity index (χ1) is 11.9. The normalized spacial score (nSPS) is 13.6. The smallest absolute Gasteiger partial charge is 0.149 e. The second-order valence-corrected chi connectivity index (χ2v) is 7.83. The lowest BCUT2D eigenvalue weighted by atomic mass is 9.90. The third-order valence-corrected chi connectivity index (χ3v) is 4.64. The summed E-state index contributed by atoms with van der Waals surface area (Å²) in [5.74, 6) is 0.946. The Morgan fingerprint density at radius 2 is 1.88 bits per heavy atom. The summed E-state index contributed by atoms with van der Waals surface area (Å²) < 4.78 is 7.66. The van der Waals surface area contributed by atoms with Gasteiger partial charge in [-0.05, 0) is 37.1 Å². The van der Waals surface area contributed by atoms with Gasteiger partial charge >= 0.3 is 0 Å². The molecule has 0 N–H and O–H groups in total. The van der Waals surface area contributed by atoms with Gasteiger partial charge in [-0.15, -0.1) is 0 Å². The highest BCUT2D eigenvalue weighted by molar-refractivity contribution is 5.82. The predicted molar refractivity (Wildman–Crippen MR) is 101 cm³/mol. The van der Waals surface area contributed by atoms with Crippen molar-refractivity contribution in [2.45, 2.75) is 45.6 Å². The van der Waals surface area contributed by atoms with Gasteiger partial charge in [0.1, 0.15) is 11.3 Å². The van der Waals surface area contributed by atoms with E-state index in [-0.39, 0.29) is 11.5 Å². The molecule has 2 heterocycles. The van der Waals surface area contributed by atoms with Crippen molar-refractivity contribution in [1.29, 1.82) is 0 Å². The zero-order valence-electron chi connectivity index (χ0n) is 15.2. The molecule has 128 valence electrons. The molecule has 1 atom stereocenters. The van der Waals surface area contributed by atoms with Crippen LogP contribution in [0.4, 0.5) is 0 Å². The molecule has 4 aromatic rings. The lowest BCUT2D eigenvalue weighted by molar-refractivity contribution is 0.336. The molecule has 0 amide bonds. The van der Waals surface area contributed by atoms with Crippen LogP contribution >= 0.6 is 0 Å². The van der Waals surface area contributed by atoms with Gasteiger partial charge in [0.25, 0.3) is 0 Å². The molecular formula is C21H23N3O. The maximum Gasteiger partial charge on any atom is 0.149 e. The third-order valence-electron chi connectivity index (χ3n) is 4.64. The Bertz CT molecular complexity index is 1000. The van der Waals surface area contributed by atoms with E-state index in [1.165, 1.54) is 10.9 Å². The molecule has 0 aliphatic heterocycles. The molecule has 0 saturated heterocycles. The van der Waals surface area contributed by atoms with E-state index in [9.17, 15) is 0 Å². The maximum absolute atomic E-state index is 5.60. The van der Waals surface area contributed by atoms with E-state index in [4.69, 9.17) is 9.62 Å². The van der Waals surface area contributed by atoms with Crippen molar-refractivity contribution in [3.63, 3.8) is 0 Å². The van der Waals surface area contributed by atoms with Crippen molar-refractivity contribution in [1.82, 2.24) is 14.9 Å². The van der Waals surface area contributed by atoms with Crippen LogP contribution in [0.1, 0.15) is 45.1 Å². The molecule has 4 heteroatoms. The summed E-state index contributed by atoms with van der Waals surface area (Å²) in [6, 6.07) is 14.9. The SMILES string of the molecule is CC(Cc1ccc2noc(C(C)(C)C)c2c1)n1cc2ccccc2n1. The van der Waals surface area contributed by atoms with Crippen molar-refractivity contribution in [3.05, 3.63) is 60.0 Å². The van der Waals surface area contributed by atoms with Crippen LogP contribution < -0.4 is 0 Å². The molecule has 0 fully saturated rings. The fourth-order valence-electron chi connectivity index (χ4n) is 3.30. The Balaban J connectivity index is 1.65. The molecular weight excluding hydrogens is 310 g/mol. The van der Waals surface area contributed by atoms with Crippen LogP contribution in [0.15, 0.2) is 53.2 Å². The van der Waals surface area contributed by atoms with Crippen molar-refractivity contribution >= 4 is 21.8 Å². The molecule has 0 aliphatic carbocycles. The summed E-state index contributed by atoms with van der Waals surface area (Å²) in [6.07, 6.45) is 3.04. The fraction of sp³-hybridized carbons (Fsp3) is 0.333. The largest absolute Gasteiger partial charge is 0.360 e. The molecule has 0 radical (unpaired) electrons. The van der Waals surface area contributed by atoms with Crippen LogP contribution in [0, 0.1) is 0 Å². The number of benzene rings is 2. The zero-order valence-corrected chi connectivity index (χ0v) is 15.2. The van der Waals surface area contributed by atoms with E-state index in [2.05, 4.69) is 74.1 Å². The number of nitrogens with zero attached hydrogens (tertiary/aromatic N) is 3. The average Bonchev–Trinajstić information content (AvgIpc) is 3.17. The van der Waals surface area contributed by atoms with Crippen LogP contribution in [-0.4, -0.2) is 14.9 Å². The molecule has 25 heavy (non-hydrogen) atoms. The molecule has 2 aromatic carbocycles. The minimum Gasteiger partial charge on any atom is -0.360 e. The van der Waals surface area contributed by atoms with Gasteiger partial charge in [-0.25, -0.2) is 0 Å². The summed E-state index contributed by atoms with van der Waals surface area (Å²) in [7, 11) is 0. The lowest BCUT2D eigenvalue weighted by Crippen LogP contribution is -2.10. The van der Waals surface area contributed by atoms with E-state index < -0.39 is 0 Å².